The topological polar surface area (TPSA) is 70.6 Å². The Hall–Kier alpha value is -2.83. The van der Waals surface area contributed by atoms with Crippen LogP contribution in [-0.4, -0.2) is 56.2 Å². The van der Waals surface area contributed by atoms with Gasteiger partial charge in [0.05, 0.1) is 6.54 Å². The Labute approximate surface area is 160 Å². The monoisotopic (exact) mass is 369 g/mol. The minimum absolute atomic E-state index is 0.112. The molecule has 0 aliphatic carbocycles. The fraction of sp³-hybridized carbons (Fsp3) is 0.450. The van der Waals surface area contributed by atoms with Gasteiger partial charge in [-0.05, 0) is 38.0 Å². The maximum atomic E-state index is 12.3. The number of aromatic nitrogens is 2. The van der Waals surface area contributed by atoms with Crippen LogP contribution in [0, 0.1) is 6.92 Å². The third-order valence-corrected chi connectivity index (χ3v) is 4.49. The summed E-state index contributed by atoms with van der Waals surface area (Å²) < 4.78 is 5.73. The molecule has 0 unspecified atom stereocenters. The predicted molar refractivity (Wildman–Crippen MR) is 107 cm³/mol. The summed E-state index contributed by atoms with van der Waals surface area (Å²) in [6.45, 7) is 4.68. The van der Waals surface area contributed by atoms with Crippen molar-refractivity contribution in [2.45, 2.75) is 19.8 Å². The molecule has 7 heteroatoms. The third-order valence-electron chi connectivity index (χ3n) is 4.49. The van der Waals surface area contributed by atoms with Crippen LogP contribution in [0.25, 0.3) is 0 Å². The molecule has 1 aliphatic rings. The summed E-state index contributed by atoms with van der Waals surface area (Å²) in [4.78, 5) is 25.3. The van der Waals surface area contributed by atoms with E-state index < -0.39 is 0 Å². The lowest BCUT2D eigenvalue weighted by Gasteiger charge is -2.17. The van der Waals surface area contributed by atoms with Crippen LogP contribution in [0.5, 0.6) is 5.88 Å². The quantitative estimate of drug-likeness (QED) is 0.755. The van der Waals surface area contributed by atoms with E-state index in [1.54, 1.807) is 6.07 Å². The van der Waals surface area contributed by atoms with Gasteiger partial charge in [0.2, 0.25) is 5.88 Å². The number of amides is 1. The summed E-state index contributed by atoms with van der Waals surface area (Å²) in [5.74, 6) is 2.05. The van der Waals surface area contributed by atoms with Crippen LogP contribution in [-0.2, 0) is 0 Å². The van der Waals surface area contributed by atoms with Crippen molar-refractivity contribution in [3.63, 3.8) is 0 Å². The van der Waals surface area contributed by atoms with Crippen LogP contribution in [0.1, 0.15) is 29.0 Å². The number of carbonyl (C=O) groups excluding carboxylic acids is 1. The second-order valence-corrected chi connectivity index (χ2v) is 6.85. The summed E-state index contributed by atoms with van der Waals surface area (Å²) in [5, 5.41) is 2.88. The molecule has 1 aliphatic heterocycles. The van der Waals surface area contributed by atoms with Crippen molar-refractivity contribution >= 4 is 17.4 Å². The lowest BCUT2D eigenvalue weighted by atomic mass is 10.2. The van der Waals surface area contributed by atoms with Crippen molar-refractivity contribution in [1.82, 2.24) is 15.3 Å². The highest BCUT2D eigenvalue weighted by molar-refractivity contribution is 5.95. The Bertz CT molecular complexity index is 788. The van der Waals surface area contributed by atoms with Gasteiger partial charge >= 0.3 is 0 Å². The number of nitrogens with zero attached hydrogens (tertiary/aromatic N) is 4. The van der Waals surface area contributed by atoms with Crippen LogP contribution < -0.4 is 19.9 Å². The number of nitrogens with one attached hydrogen (secondary N) is 1. The van der Waals surface area contributed by atoms with Crippen molar-refractivity contribution in [3.05, 3.63) is 41.7 Å². The highest BCUT2D eigenvalue weighted by Gasteiger charge is 2.15. The highest BCUT2D eigenvalue weighted by atomic mass is 16.5. The molecule has 27 heavy (non-hydrogen) atoms. The van der Waals surface area contributed by atoms with Crippen LogP contribution >= 0.6 is 0 Å². The van der Waals surface area contributed by atoms with E-state index in [1.807, 2.05) is 50.2 Å². The van der Waals surface area contributed by atoms with E-state index in [-0.39, 0.29) is 5.91 Å². The van der Waals surface area contributed by atoms with Crippen molar-refractivity contribution in [3.8, 4) is 5.88 Å². The Balaban J connectivity index is 1.51. The minimum Gasteiger partial charge on any atom is -0.476 e. The van der Waals surface area contributed by atoms with E-state index in [2.05, 4.69) is 20.2 Å². The second-order valence-electron chi connectivity index (χ2n) is 6.85. The lowest BCUT2D eigenvalue weighted by Crippen LogP contribution is -2.28. The molecule has 3 rings (SSSR count). The van der Waals surface area contributed by atoms with Crippen molar-refractivity contribution < 1.29 is 9.53 Å². The van der Waals surface area contributed by atoms with Crippen molar-refractivity contribution in [2.24, 2.45) is 0 Å². The molecular weight excluding hydrogens is 342 g/mol. The maximum absolute atomic E-state index is 12.3. The summed E-state index contributed by atoms with van der Waals surface area (Å²) >= 11 is 0. The van der Waals surface area contributed by atoms with Gasteiger partial charge in [0.15, 0.2) is 0 Å². The van der Waals surface area contributed by atoms with Crippen molar-refractivity contribution in [1.29, 1.82) is 0 Å². The molecule has 0 bridgehead atoms. The molecule has 1 amide bonds. The first-order valence-corrected chi connectivity index (χ1v) is 9.32. The van der Waals surface area contributed by atoms with Gasteiger partial charge in [0, 0.05) is 44.5 Å². The molecule has 7 nitrogen and oxygen atoms in total. The number of rotatable bonds is 7. The Kier molecular flexibility index (Phi) is 6.11. The lowest BCUT2D eigenvalue weighted by molar-refractivity contribution is 0.0946. The van der Waals surface area contributed by atoms with E-state index in [4.69, 9.17) is 4.74 Å². The molecule has 1 N–H and O–H groups in total. The van der Waals surface area contributed by atoms with E-state index in [0.717, 1.165) is 24.6 Å². The van der Waals surface area contributed by atoms with Gasteiger partial charge in [0.25, 0.3) is 5.91 Å². The Morgan fingerprint density at radius 2 is 2.00 bits per heavy atom. The molecule has 144 valence electrons. The van der Waals surface area contributed by atoms with E-state index in [0.29, 0.717) is 30.4 Å². The van der Waals surface area contributed by atoms with Crippen LogP contribution in [0.15, 0.2) is 30.3 Å². The molecule has 1 fully saturated rings. The summed E-state index contributed by atoms with van der Waals surface area (Å²) in [6.07, 6.45) is 2.39. The van der Waals surface area contributed by atoms with Gasteiger partial charge in [-0.3, -0.25) is 4.79 Å². The number of hydrogen-bond donors (Lipinski definition) is 1. The number of ether oxygens (including phenoxy) is 1. The molecule has 0 saturated carbocycles. The molecular formula is C20H27N5O2. The van der Waals surface area contributed by atoms with E-state index in [1.165, 1.54) is 12.8 Å². The zero-order valence-electron chi connectivity index (χ0n) is 16.2. The van der Waals surface area contributed by atoms with Gasteiger partial charge in [0.1, 0.15) is 18.2 Å². The molecule has 1 saturated heterocycles. The first kappa shape index (κ1) is 18.9. The van der Waals surface area contributed by atoms with Crippen molar-refractivity contribution in [2.75, 3.05) is 50.1 Å². The van der Waals surface area contributed by atoms with E-state index >= 15 is 0 Å². The second kappa shape index (κ2) is 8.70. The maximum Gasteiger partial charge on any atom is 0.251 e. The zero-order valence-corrected chi connectivity index (χ0v) is 16.2. The SMILES string of the molecule is Cc1nc(OCCNC(=O)c2cccc(N(C)C)c2)cc(N2CCCC2)n1. The molecule has 1 aromatic heterocycles. The van der Waals surface area contributed by atoms with Gasteiger partial charge in [-0.1, -0.05) is 6.07 Å². The summed E-state index contributed by atoms with van der Waals surface area (Å²) in [6, 6.07) is 9.39. The molecule has 2 aromatic rings. The van der Waals surface area contributed by atoms with Gasteiger partial charge in [-0.2, -0.15) is 4.98 Å². The average Bonchev–Trinajstić information content (AvgIpc) is 3.19. The summed E-state index contributed by atoms with van der Waals surface area (Å²) in [5.41, 5.74) is 1.63. The summed E-state index contributed by atoms with van der Waals surface area (Å²) in [7, 11) is 3.90. The van der Waals surface area contributed by atoms with Crippen LogP contribution in [0.4, 0.5) is 11.5 Å². The van der Waals surface area contributed by atoms with Crippen LogP contribution in [0.2, 0.25) is 0 Å². The third kappa shape index (κ3) is 5.09. The molecule has 2 heterocycles. The number of anilines is 2. The molecule has 1 aromatic carbocycles. The first-order valence-electron chi connectivity index (χ1n) is 9.32. The number of carbonyl (C=O) groups is 1. The molecule has 0 atom stereocenters. The largest absolute Gasteiger partial charge is 0.476 e. The number of hydrogen-bond acceptors (Lipinski definition) is 6. The minimum atomic E-state index is -0.112. The number of benzene rings is 1. The van der Waals surface area contributed by atoms with Gasteiger partial charge in [-0.25, -0.2) is 4.98 Å². The number of aryl methyl sites for hydroxylation is 1. The van der Waals surface area contributed by atoms with E-state index in [9.17, 15) is 4.79 Å². The zero-order chi connectivity index (χ0) is 19.2. The fourth-order valence-electron chi connectivity index (χ4n) is 3.05. The normalized spacial score (nSPS) is 13.5. The average molecular weight is 369 g/mol. The first-order chi connectivity index (χ1) is 13.0. The predicted octanol–water partition coefficient (Wildman–Crippen LogP) is 2.26. The van der Waals surface area contributed by atoms with Gasteiger partial charge in [-0.15, -0.1) is 0 Å². The molecule has 0 spiro atoms. The Morgan fingerprint density at radius 3 is 2.74 bits per heavy atom. The highest BCUT2D eigenvalue weighted by Crippen LogP contribution is 2.21. The smallest absolute Gasteiger partial charge is 0.251 e. The fourth-order valence-corrected chi connectivity index (χ4v) is 3.05. The van der Waals surface area contributed by atoms with Crippen LogP contribution in [0.3, 0.4) is 0 Å². The Morgan fingerprint density at radius 1 is 1.22 bits per heavy atom. The molecule has 0 radical (unpaired) electrons. The standard InChI is InChI=1S/C20H27N5O2/c1-15-22-18(25-10-4-5-11-25)14-19(23-15)27-12-9-21-20(26)16-7-6-8-17(13-16)24(2)3/h6-8,13-14H,4-5,9-12H2,1-3H3,(H,21,26). The van der Waals surface area contributed by atoms with Gasteiger partial charge < -0.3 is 19.9 Å².